The first-order chi connectivity index (χ1) is 11.8. The van der Waals surface area contributed by atoms with E-state index in [-0.39, 0.29) is 5.41 Å². The Morgan fingerprint density at radius 2 is 1.56 bits per heavy atom. The van der Waals surface area contributed by atoms with Gasteiger partial charge in [-0.15, -0.1) is 0 Å². The topological polar surface area (TPSA) is 37.3 Å². The van der Waals surface area contributed by atoms with Crippen molar-refractivity contribution in [3.8, 4) is 0 Å². The van der Waals surface area contributed by atoms with Gasteiger partial charge in [-0.05, 0) is 113 Å². The van der Waals surface area contributed by atoms with Crippen molar-refractivity contribution in [3.05, 3.63) is 0 Å². The van der Waals surface area contributed by atoms with Crippen molar-refractivity contribution in [2.75, 3.05) is 0 Å². The Labute approximate surface area is 154 Å². The monoisotopic (exact) mass is 346 g/mol. The molecule has 0 heterocycles. The van der Waals surface area contributed by atoms with Crippen LogP contribution in [0.2, 0.25) is 0 Å². The van der Waals surface area contributed by atoms with Crippen LogP contribution >= 0.6 is 0 Å². The van der Waals surface area contributed by atoms with Crippen molar-refractivity contribution >= 4 is 5.78 Å². The van der Waals surface area contributed by atoms with Crippen LogP contribution in [0.5, 0.6) is 0 Å². The lowest BCUT2D eigenvalue weighted by atomic mass is 9.45. The van der Waals surface area contributed by atoms with E-state index in [1.54, 1.807) is 0 Å². The van der Waals surface area contributed by atoms with Crippen molar-refractivity contribution in [1.29, 1.82) is 0 Å². The molecule has 4 saturated carbocycles. The van der Waals surface area contributed by atoms with Crippen LogP contribution in [0.25, 0.3) is 0 Å². The average molecular weight is 347 g/mol. The highest BCUT2D eigenvalue weighted by Crippen LogP contribution is 2.62. The number of ketones is 1. The van der Waals surface area contributed by atoms with E-state index >= 15 is 0 Å². The third-order valence-corrected chi connectivity index (χ3v) is 9.32. The normalized spacial score (nSPS) is 53.1. The fraction of sp³-hybridized carbons (Fsp3) is 0.957. The lowest BCUT2D eigenvalue weighted by molar-refractivity contribution is -0.140. The van der Waals surface area contributed by atoms with Crippen LogP contribution in [0, 0.1) is 40.9 Å². The molecule has 0 aromatic heterocycles. The first kappa shape index (κ1) is 18.0. The van der Waals surface area contributed by atoms with Crippen LogP contribution in [0.15, 0.2) is 0 Å². The van der Waals surface area contributed by atoms with Crippen molar-refractivity contribution in [1.82, 2.24) is 0 Å². The summed E-state index contributed by atoms with van der Waals surface area (Å²) in [5.74, 6) is 4.96. The van der Waals surface area contributed by atoms with Crippen molar-refractivity contribution in [2.24, 2.45) is 40.9 Å². The van der Waals surface area contributed by atoms with Gasteiger partial charge in [-0.1, -0.05) is 13.3 Å². The summed E-state index contributed by atoms with van der Waals surface area (Å²) in [5, 5.41) is 10.6. The molecule has 0 aliphatic heterocycles. The van der Waals surface area contributed by atoms with Gasteiger partial charge in [0.05, 0.1) is 5.60 Å². The van der Waals surface area contributed by atoms with E-state index in [2.05, 4.69) is 13.8 Å². The van der Waals surface area contributed by atoms with E-state index in [1.165, 1.54) is 51.4 Å². The van der Waals surface area contributed by atoms with Gasteiger partial charge in [-0.2, -0.15) is 0 Å². The second-order valence-electron chi connectivity index (χ2n) is 10.6. The Kier molecular flexibility index (Phi) is 4.58. The molecular formula is C23H38O2. The van der Waals surface area contributed by atoms with Gasteiger partial charge in [0.2, 0.25) is 0 Å². The summed E-state index contributed by atoms with van der Waals surface area (Å²) >= 11 is 0. The molecule has 1 N–H and O–H groups in total. The first-order valence-corrected chi connectivity index (χ1v) is 11.0. The fourth-order valence-electron chi connectivity index (χ4n) is 8.00. The standard InChI is InChI=1S/C23H38O2/c1-15(24)20-5-4-6-21-19-8-7-16-9-12-22(2,25)13-10-17(16)18(19)11-14-23(20,21)3/h16-21,25H,4-14H2,1-3H3/t16-,17+,18-,19-,20?,21+,22+,23-/m1/s1. The zero-order chi connectivity index (χ0) is 17.8. The van der Waals surface area contributed by atoms with Gasteiger partial charge >= 0.3 is 0 Å². The Hall–Kier alpha value is -0.370. The van der Waals surface area contributed by atoms with Gasteiger partial charge in [0, 0.05) is 5.92 Å². The van der Waals surface area contributed by atoms with Crippen LogP contribution in [0.3, 0.4) is 0 Å². The summed E-state index contributed by atoms with van der Waals surface area (Å²) in [7, 11) is 0. The van der Waals surface area contributed by atoms with Crippen LogP contribution in [-0.2, 0) is 4.79 Å². The number of hydrogen-bond acceptors (Lipinski definition) is 2. The van der Waals surface area contributed by atoms with Crippen molar-refractivity contribution < 1.29 is 9.90 Å². The summed E-state index contributed by atoms with van der Waals surface area (Å²) in [6.45, 7) is 6.36. The average Bonchev–Trinajstić information content (AvgIpc) is 2.72. The number of Topliss-reactive ketones (excluding diaryl/α,β-unsaturated/α-hetero) is 1. The molecule has 0 amide bonds. The molecule has 8 atom stereocenters. The summed E-state index contributed by atoms with van der Waals surface area (Å²) in [6, 6.07) is 0. The molecule has 142 valence electrons. The molecular weight excluding hydrogens is 308 g/mol. The SMILES string of the molecule is CC(=O)C1CCC[C@H]2[C@@H]3CC[C@@H]4CC[C@](C)(O)CC[C@@H]4[C@H]3CC[C@]12C. The van der Waals surface area contributed by atoms with E-state index in [0.717, 1.165) is 48.9 Å². The minimum Gasteiger partial charge on any atom is -0.390 e. The largest absolute Gasteiger partial charge is 0.390 e. The lowest BCUT2D eigenvalue weighted by Gasteiger charge is -2.59. The van der Waals surface area contributed by atoms with E-state index < -0.39 is 5.60 Å². The van der Waals surface area contributed by atoms with Crippen molar-refractivity contribution in [3.63, 3.8) is 0 Å². The first-order valence-electron chi connectivity index (χ1n) is 11.0. The van der Waals surface area contributed by atoms with Crippen molar-refractivity contribution in [2.45, 2.75) is 97.0 Å². The number of rotatable bonds is 1. The van der Waals surface area contributed by atoms with Gasteiger partial charge in [0.25, 0.3) is 0 Å². The molecule has 2 heteroatoms. The van der Waals surface area contributed by atoms with E-state index in [0.29, 0.717) is 11.7 Å². The fourth-order valence-corrected chi connectivity index (χ4v) is 8.00. The Morgan fingerprint density at radius 3 is 2.32 bits per heavy atom. The molecule has 4 aliphatic carbocycles. The van der Waals surface area contributed by atoms with Crippen LogP contribution in [0.1, 0.15) is 91.4 Å². The summed E-state index contributed by atoms with van der Waals surface area (Å²) in [6.07, 6.45) is 13.6. The summed E-state index contributed by atoms with van der Waals surface area (Å²) in [5.41, 5.74) is -0.158. The van der Waals surface area contributed by atoms with Gasteiger partial charge in [0.15, 0.2) is 0 Å². The second-order valence-corrected chi connectivity index (χ2v) is 10.6. The van der Waals surface area contributed by atoms with Crippen LogP contribution < -0.4 is 0 Å². The predicted octanol–water partition coefficient (Wildman–Crippen LogP) is 5.38. The molecule has 0 aromatic carbocycles. The molecule has 25 heavy (non-hydrogen) atoms. The number of fused-ring (bicyclic) bond motifs is 5. The quantitative estimate of drug-likeness (QED) is 0.692. The number of hydrogen-bond donors (Lipinski definition) is 1. The molecule has 2 nitrogen and oxygen atoms in total. The molecule has 0 aromatic rings. The van der Waals surface area contributed by atoms with E-state index in [9.17, 15) is 9.90 Å². The summed E-state index contributed by atoms with van der Waals surface area (Å²) < 4.78 is 0. The number of carbonyl (C=O) groups excluding carboxylic acids is 1. The smallest absolute Gasteiger partial charge is 0.133 e. The molecule has 0 saturated heterocycles. The van der Waals surface area contributed by atoms with Gasteiger partial charge < -0.3 is 5.11 Å². The van der Waals surface area contributed by atoms with Crippen LogP contribution in [0.4, 0.5) is 0 Å². The highest BCUT2D eigenvalue weighted by atomic mass is 16.3. The molecule has 0 bridgehead atoms. The maximum atomic E-state index is 12.3. The predicted molar refractivity (Wildman–Crippen MR) is 101 cm³/mol. The zero-order valence-electron chi connectivity index (χ0n) is 16.6. The van der Waals surface area contributed by atoms with Gasteiger partial charge in [-0.25, -0.2) is 0 Å². The Balaban J connectivity index is 1.57. The molecule has 0 spiro atoms. The molecule has 0 radical (unpaired) electrons. The molecule has 4 rings (SSSR count). The third kappa shape index (κ3) is 3.01. The molecule has 4 fully saturated rings. The Bertz CT molecular complexity index is 524. The van der Waals surface area contributed by atoms with E-state index in [1.807, 2.05) is 6.92 Å². The maximum absolute atomic E-state index is 12.3. The zero-order valence-corrected chi connectivity index (χ0v) is 16.6. The van der Waals surface area contributed by atoms with E-state index in [4.69, 9.17) is 0 Å². The number of carbonyl (C=O) groups is 1. The number of aliphatic hydroxyl groups is 1. The highest BCUT2D eigenvalue weighted by molar-refractivity contribution is 5.79. The second kappa shape index (κ2) is 6.36. The molecule has 1 unspecified atom stereocenters. The van der Waals surface area contributed by atoms with Crippen LogP contribution in [-0.4, -0.2) is 16.5 Å². The third-order valence-electron chi connectivity index (χ3n) is 9.32. The minimum atomic E-state index is -0.430. The van der Waals surface area contributed by atoms with Gasteiger partial charge in [-0.3, -0.25) is 4.79 Å². The Morgan fingerprint density at radius 1 is 0.840 bits per heavy atom. The maximum Gasteiger partial charge on any atom is 0.133 e. The van der Waals surface area contributed by atoms with Gasteiger partial charge in [0.1, 0.15) is 5.78 Å². The highest BCUT2D eigenvalue weighted by Gasteiger charge is 2.56. The lowest BCUT2D eigenvalue weighted by Crippen LogP contribution is -2.53. The summed E-state index contributed by atoms with van der Waals surface area (Å²) in [4.78, 5) is 12.3. The minimum absolute atomic E-state index is 0.272. The molecule has 4 aliphatic rings.